The number of rotatable bonds is 0. The number of anilines is 1. The molecule has 2 rings (SSSR count). The maximum Gasteiger partial charge on any atom is 0.104 e. The molecule has 3 nitrogen and oxygen atoms in total. The number of aromatic nitrogens is 2. The highest BCUT2D eigenvalue weighted by atomic mass is 127. The van der Waals surface area contributed by atoms with Crippen molar-refractivity contribution in [3.05, 3.63) is 21.9 Å². The van der Waals surface area contributed by atoms with Crippen LogP contribution in [0, 0.1) is 3.70 Å². The van der Waals surface area contributed by atoms with Crippen LogP contribution in [0.2, 0.25) is 0 Å². The van der Waals surface area contributed by atoms with E-state index in [1.165, 1.54) is 0 Å². The van der Waals surface area contributed by atoms with Crippen LogP contribution in [0.4, 0.5) is 5.69 Å². The monoisotopic (exact) mass is 259 g/mol. The first kappa shape index (κ1) is 6.90. The van der Waals surface area contributed by atoms with Crippen LogP contribution >= 0.6 is 22.6 Å². The predicted molar refractivity (Wildman–Crippen MR) is 53.2 cm³/mol. The molecule has 0 atom stereocenters. The van der Waals surface area contributed by atoms with E-state index in [0.29, 0.717) is 0 Å². The van der Waals surface area contributed by atoms with Crippen LogP contribution in [0.25, 0.3) is 10.9 Å². The van der Waals surface area contributed by atoms with Gasteiger partial charge < -0.3 is 5.73 Å². The SMILES string of the molecule is Nc1ccc2c(I)[nH]nc2c1. The van der Waals surface area contributed by atoms with Crippen LogP contribution in [0.3, 0.4) is 0 Å². The van der Waals surface area contributed by atoms with Crippen molar-refractivity contribution in [3.63, 3.8) is 0 Å². The molecule has 0 bridgehead atoms. The third-order valence-electron chi connectivity index (χ3n) is 1.53. The van der Waals surface area contributed by atoms with Gasteiger partial charge in [-0.15, -0.1) is 0 Å². The van der Waals surface area contributed by atoms with Crippen molar-refractivity contribution < 1.29 is 0 Å². The third kappa shape index (κ3) is 1.07. The highest BCUT2D eigenvalue weighted by molar-refractivity contribution is 14.1. The summed E-state index contributed by atoms with van der Waals surface area (Å²) >= 11 is 2.21. The topological polar surface area (TPSA) is 54.7 Å². The molecule has 11 heavy (non-hydrogen) atoms. The smallest absolute Gasteiger partial charge is 0.104 e. The lowest BCUT2D eigenvalue weighted by Gasteiger charge is -1.90. The summed E-state index contributed by atoms with van der Waals surface area (Å²) in [5.41, 5.74) is 7.25. The van der Waals surface area contributed by atoms with Gasteiger partial charge in [-0.05, 0) is 40.8 Å². The summed E-state index contributed by atoms with van der Waals surface area (Å²) in [5.74, 6) is 0. The number of halogens is 1. The molecule has 0 radical (unpaired) electrons. The van der Waals surface area contributed by atoms with E-state index in [0.717, 1.165) is 20.3 Å². The Morgan fingerprint density at radius 2 is 2.27 bits per heavy atom. The van der Waals surface area contributed by atoms with Crippen LogP contribution in [-0.4, -0.2) is 10.2 Å². The molecule has 1 aromatic carbocycles. The molecule has 1 aromatic heterocycles. The molecule has 0 aliphatic carbocycles. The van der Waals surface area contributed by atoms with Crippen molar-refractivity contribution in [3.8, 4) is 0 Å². The van der Waals surface area contributed by atoms with E-state index >= 15 is 0 Å². The number of nitrogens with one attached hydrogen (secondary N) is 1. The van der Waals surface area contributed by atoms with Crippen LogP contribution in [0.1, 0.15) is 0 Å². The van der Waals surface area contributed by atoms with Crippen molar-refractivity contribution in [2.45, 2.75) is 0 Å². The molecule has 0 fully saturated rings. The van der Waals surface area contributed by atoms with E-state index in [2.05, 4.69) is 32.8 Å². The van der Waals surface area contributed by atoms with Gasteiger partial charge in [0.25, 0.3) is 0 Å². The number of benzene rings is 1. The molecule has 3 N–H and O–H groups in total. The second-order valence-corrected chi connectivity index (χ2v) is 3.39. The fourth-order valence-corrected chi connectivity index (χ4v) is 1.57. The van der Waals surface area contributed by atoms with Crippen molar-refractivity contribution in [2.75, 3.05) is 5.73 Å². The highest BCUT2D eigenvalue weighted by Gasteiger charge is 2.00. The van der Waals surface area contributed by atoms with Crippen LogP contribution in [0.5, 0.6) is 0 Å². The fraction of sp³-hybridized carbons (Fsp3) is 0. The third-order valence-corrected chi connectivity index (χ3v) is 2.36. The summed E-state index contributed by atoms with van der Waals surface area (Å²) in [6, 6.07) is 5.70. The number of aromatic amines is 1. The molecule has 0 spiro atoms. The number of nitrogens with two attached hydrogens (primary N) is 1. The van der Waals surface area contributed by atoms with Crippen molar-refractivity contribution >= 4 is 39.2 Å². The minimum Gasteiger partial charge on any atom is -0.399 e. The normalized spacial score (nSPS) is 10.6. The molecule has 56 valence electrons. The Hall–Kier alpha value is -0.780. The first-order chi connectivity index (χ1) is 5.27. The summed E-state index contributed by atoms with van der Waals surface area (Å²) in [7, 11) is 0. The molecule has 0 saturated heterocycles. The van der Waals surface area contributed by atoms with E-state index in [-0.39, 0.29) is 0 Å². The molecule has 0 aliphatic heterocycles. The van der Waals surface area contributed by atoms with Gasteiger partial charge in [0, 0.05) is 11.1 Å². The van der Waals surface area contributed by atoms with Gasteiger partial charge in [0.05, 0.1) is 5.52 Å². The molecular weight excluding hydrogens is 253 g/mol. The molecule has 0 saturated carbocycles. The Morgan fingerprint density at radius 1 is 1.45 bits per heavy atom. The largest absolute Gasteiger partial charge is 0.399 e. The van der Waals surface area contributed by atoms with Gasteiger partial charge in [-0.1, -0.05) is 0 Å². The van der Waals surface area contributed by atoms with Crippen molar-refractivity contribution in [2.24, 2.45) is 0 Å². The quantitative estimate of drug-likeness (QED) is 0.559. The molecule has 0 unspecified atom stereocenters. The first-order valence-corrected chi connectivity index (χ1v) is 4.24. The standard InChI is InChI=1S/C7H6IN3/c8-7-5-2-1-4(9)3-6(5)10-11-7/h1-3H,9H2,(H,10,11). The Balaban J connectivity index is 2.86. The molecule has 4 heteroatoms. The number of H-pyrrole nitrogens is 1. The summed E-state index contributed by atoms with van der Waals surface area (Å²) in [4.78, 5) is 0. The van der Waals surface area contributed by atoms with E-state index in [9.17, 15) is 0 Å². The zero-order valence-electron chi connectivity index (χ0n) is 5.63. The number of fused-ring (bicyclic) bond motifs is 1. The minimum atomic E-state index is 0.750. The molecule has 2 aromatic rings. The Labute approximate surface area is 77.1 Å². The second-order valence-electron chi connectivity index (χ2n) is 2.31. The van der Waals surface area contributed by atoms with Crippen molar-refractivity contribution in [1.29, 1.82) is 0 Å². The van der Waals surface area contributed by atoms with Gasteiger partial charge in [-0.3, -0.25) is 5.10 Å². The molecule has 1 heterocycles. The van der Waals surface area contributed by atoms with Crippen LogP contribution < -0.4 is 5.73 Å². The average Bonchev–Trinajstić information content (AvgIpc) is 2.32. The zero-order valence-corrected chi connectivity index (χ0v) is 7.79. The minimum absolute atomic E-state index is 0.750. The zero-order chi connectivity index (χ0) is 7.84. The maximum absolute atomic E-state index is 5.58. The van der Waals surface area contributed by atoms with Gasteiger partial charge in [0.15, 0.2) is 0 Å². The summed E-state index contributed by atoms with van der Waals surface area (Å²) in [6.07, 6.45) is 0. The molecule has 0 amide bonds. The summed E-state index contributed by atoms with van der Waals surface area (Å²) in [6.45, 7) is 0. The lowest BCUT2D eigenvalue weighted by atomic mass is 10.2. The Morgan fingerprint density at radius 3 is 3.09 bits per heavy atom. The number of hydrogen-bond donors (Lipinski definition) is 2. The predicted octanol–water partition coefficient (Wildman–Crippen LogP) is 1.75. The van der Waals surface area contributed by atoms with Gasteiger partial charge in [0.2, 0.25) is 0 Å². The first-order valence-electron chi connectivity index (χ1n) is 3.16. The lowest BCUT2D eigenvalue weighted by molar-refractivity contribution is 1.09. The van der Waals surface area contributed by atoms with Crippen molar-refractivity contribution in [1.82, 2.24) is 10.2 Å². The molecule has 0 aliphatic rings. The Kier molecular flexibility index (Phi) is 1.49. The summed E-state index contributed by atoms with van der Waals surface area (Å²) < 4.78 is 1.05. The fourth-order valence-electron chi connectivity index (χ4n) is 0.996. The number of nitrogen functional groups attached to an aromatic ring is 1. The average molecular weight is 259 g/mol. The maximum atomic E-state index is 5.58. The second kappa shape index (κ2) is 2.37. The van der Waals surface area contributed by atoms with E-state index in [1.54, 1.807) is 0 Å². The van der Waals surface area contributed by atoms with E-state index in [4.69, 9.17) is 5.73 Å². The van der Waals surface area contributed by atoms with Crippen LogP contribution in [-0.2, 0) is 0 Å². The van der Waals surface area contributed by atoms with Gasteiger partial charge in [-0.2, -0.15) is 5.10 Å². The number of hydrogen-bond acceptors (Lipinski definition) is 2. The van der Waals surface area contributed by atoms with Gasteiger partial charge in [-0.25, -0.2) is 0 Å². The number of nitrogens with zero attached hydrogens (tertiary/aromatic N) is 1. The molecular formula is C7H6IN3. The van der Waals surface area contributed by atoms with E-state index < -0.39 is 0 Å². The van der Waals surface area contributed by atoms with E-state index in [1.807, 2.05) is 18.2 Å². The lowest BCUT2D eigenvalue weighted by Crippen LogP contribution is -1.82. The summed E-state index contributed by atoms with van der Waals surface area (Å²) in [5, 5.41) is 8.08. The Bertz CT molecular complexity index is 393. The van der Waals surface area contributed by atoms with Gasteiger partial charge in [0.1, 0.15) is 3.70 Å². The highest BCUT2D eigenvalue weighted by Crippen LogP contribution is 2.19. The van der Waals surface area contributed by atoms with Crippen LogP contribution in [0.15, 0.2) is 18.2 Å². The van der Waals surface area contributed by atoms with Gasteiger partial charge >= 0.3 is 0 Å².